The predicted octanol–water partition coefficient (Wildman–Crippen LogP) is 3.31. The van der Waals surface area contributed by atoms with Gasteiger partial charge in [0.2, 0.25) is 0 Å². The standard InChI is InChI=1S/C13H15ClN4/c1-8-6-11(7-17-13(8)14)18-10(3)12-9(2)15-4-5-16-12/h4-7,10,18H,1-3H3. The number of hydrogen-bond acceptors (Lipinski definition) is 4. The number of halogens is 1. The Morgan fingerprint density at radius 1 is 1.17 bits per heavy atom. The van der Waals surface area contributed by atoms with Gasteiger partial charge in [0.25, 0.3) is 0 Å². The fraction of sp³-hybridized carbons (Fsp3) is 0.308. The molecule has 2 rings (SSSR count). The Labute approximate surface area is 111 Å². The molecule has 0 aromatic carbocycles. The monoisotopic (exact) mass is 262 g/mol. The van der Waals surface area contributed by atoms with Crippen LogP contribution >= 0.6 is 11.6 Å². The van der Waals surface area contributed by atoms with Crippen LogP contribution in [0, 0.1) is 13.8 Å². The van der Waals surface area contributed by atoms with Crippen LogP contribution < -0.4 is 5.32 Å². The molecule has 0 radical (unpaired) electrons. The SMILES string of the molecule is Cc1cc(NC(C)c2nccnc2C)cnc1Cl. The van der Waals surface area contributed by atoms with E-state index in [2.05, 4.69) is 20.3 Å². The number of aromatic nitrogens is 3. The molecule has 18 heavy (non-hydrogen) atoms. The first kappa shape index (κ1) is 12.8. The molecule has 0 amide bonds. The van der Waals surface area contributed by atoms with Gasteiger partial charge in [-0.05, 0) is 32.4 Å². The number of anilines is 1. The average Bonchev–Trinajstić information content (AvgIpc) is 2.34. The molecule has 1 unspecified atom stereocenters. The minimum atomic E-state index is 0.0704. The zero-order valence-electron chi connectivity index (χ0n) is 10.6. The minimum absolute atomic E-state index is 0.0704. The Balaban J connectivity index is 2.19. The van der Waals surface area contributed by atoms with Crippen molar-refractivity contribution >= 4 is 17.3 Å². The van der Waals surface area contributed by atoms with E-state index in [0.717, 1.165) is 22.6 Å². The fourth-order valence-corrected chi connectivity index (χ4v) is 1.90. The number of nitrogens with zero attached hydrogens (tertiary/aromatic N) is 3. The van der Waals surface area contributed by atoms with Crippen molar-refractivity contribution in [1.82, 2.24) is 15.0 Å². The summed E-state index contributed by atoms with van der Waals surface area (Å²) in [5, 5.41) is 3.87. The molecule has 94 valence electrons. The maximum atomic E-state index is 5.90. The third-order valence-corrected chi connectivity index (χ3v) is 3.12. The Bertz CT molecular complexity index is 556. The summed E-state index contributed by atoms with van der Waals surface area (Å²) in [6.45, 7) is 5.92. The van der Waals surface area contributed by atoms with E-state index in [4.69, 9.17) is 11.6 Å². The van der Waals surface area contributed by atoms with Gasteiger partial charge in [-0.15, -0.1) is 0 Å². The molecule has 0 aliphatic heterocycles. The van der Waals surface area contributed by atoms with Crippen molar-refractivity contribution in [2.75, 3.05) is 5.32 Å². The maximum Gasteiger partial charge on any atom is 0.132 e. The summed E-state index contributed by atoms with van der Waals surface area (Å²) in [5.74, 6) is 0. The highest BCUT2D eigenvalue weighted by molar-refractivity contribution is 6.30. The van der Waals surface area contributed by atoms with Gasteiger partial charge in [0.15, 0.2) is 0 Å². The van der Waals surface area contributed by atoms with Crippen LogP contribution in [-0.2, 0) is 0 Å². The third-order valence-electron chi connectivity index (χ3n) is 2.73. The second kappa shape index (κ2) is 5.31. The van der Waals surface area contributed by atoms with E-state index >= 15 is 0 Å². The highest BCUT2D eigenvalue weighted by atomic mass is 35.5. The Morgan fingerprint density at radius 3 is 2.56 bits per heavy atom. The van der Waals surface area contributed by atoms with Crippen LogP contribution in [-0.4, -0.2) is 15.0 Å². The lowest BCUT2D eigenvalue weighted by Crippen LogP contribution is -2.11. The summed E-state index contributed by atoms with van der Waals surface area (Å²) in [5.41, 5.74) is 3.74. The van der Waals surface area contributed by atoms with Gasteiger partial charge in [0.05, 0.1) is 29.3 Å². The molecule has 4 nitrogen and oxygen atoms in total. The number of nitrogens with one attached hydrogen (secondary N) is 1. The summed E-state index contributed by atoms with van der Waals surface area (Å²) in [6, 6.07) is 2.04. The lowest BCUT2D eigenvalue weighted by atomic mass is 10.2. The largest absolute Gasteiger partial charge is 0.376 e. The summed E-state index contributed by atoms with van der Waals surface area (Å²) in [7, 11) is 0. The van der Waals surface area contributed by atoms with Crippen molar-refractivity contribution in [3.05, 3.63) is 46.8 Å². The molecular formula is C13H15ClN4. The van der Waals surface area contributed by atoms with Crippen molar-refractivity contribution in [1.29, 1.82) is 0 Å². The van der Waals surface area contributed by atoms with E-state index < -0.39 is 0 Å². The number of hydrogen-bond donors (Lipinski definition) is 1. The van der Waals surface area contributed by atoms with Crippen molar-refractivity contribution in [3.8, 4) is 0 Å². The summed E-state index contributed by atoms with van der Waals surface area (Å²) in [4.78, 5) is 12.7. The summed E-state index contributed by atoms with van der Waals surface area (Å²) in [6.07, 6.45) is 5.11. The molecule has 0 spiro atoms. The van der Waals surface area contributed by atoms with Crippen LogP contribution in [0.1, 0.15) is 29.9 Å². The van der Waals surface area contributed by atoms with Gasteiger partial charge in [0, 0.05) is 12.4 Å². The summed E-state index contributed by atoms with van der Waals surface area (Å²) < 4.78 is 0. The van der Waals surface area contributed by atoms with Crippen molar-refractivity contribution < 1.29 is 0 Å². The van der Waals surface area contributed by atoms with Gasteiger partial charge >= 0.3 is 0 Å². The predicted molar refractivity (Wildman–Crippen MR) is 72.8 cm³/mol. The highest BCUT2D eigenvalue weighted by Gasteiger charge is 2.10. The van der Waals surface area contributed by atoms with Crippen LogP contribution in [0.2, 0.25) is 5.15 Å². The number of aryl methyl sites for hydroxylation is 2. The molecule has 0 aliphatic rings. The second-order valence-electron chi connectivity index (χ2n) is 4.22. The zero-order valence-corrected chi connectivity index (χ0v) is 11.4. The molecule has 5 heteroatoms. The quantitative estimate of drug-likeness (QED) is 0.862. The lowest BCUT2D eigenvalue weighted by Gasteiger charge is -2.16. The van der Waals surface area contributed by atoms with E-state index in [1.807, 2.05) is 26.8 Å². The van der Waals surface area contributed by atoms with E-state index in [0.29, 0.717) is 5.15 Å². The molecule has 2 heterocycles. The molecule has 0 saturated carbocycles. The smallest absolute Gasteiger partial charge is 0.132 e. The van der Waals surface area contributed by atoms with E-state index in [1.54, 1.807) is 18.6 Å². The fourth-order valence-electron chi connectivity index (χ4n) is 1.80. The Morgan fingerprint density at radius 2 is 1.89 bits per heavy atom. The van der Waals surface area contributed by atoms with Gasteiger partial charge in [-0.2, -0.15) is 0 Å². The molecule has 2 aromatic heterocycles. The molecule has 0 bridgehead atoms. The molecular weight excluding hydrogens is 248 g/mol. The number of pyridine rings is 1. The minimum Gasteiger partial charge on any atom is -0.376 e. The van der Waals surface area contributed by atoms with Crippen LogP contribution in [0.5, 0.6) is 0 Å². The lowest BCUT2D eigenvalue weighted by molar-refractivity contribution is 0.809. The topological polar surface area (TPSA) is 50.7 Å². The Kier molecular flexibility index (Phi) is 3.77. The van der Waals surface area contributed by atoms with Crippen molar-refractivity contribution in [3.63, 3.8) is 0 Å². The van der Waals surface area contributed by atoms with Gasteiger partial charge in [-0.3, -0.25) is 9.97 Å². The van der Waals surface area contributed by atoms with Crippen LogP contribution in [0.15, 0.2) is 24.7 Å². The van der Waals surface area contributed by atoms with Crippen molar-refractivity contribution in [2.24, 2.45) is 0 Å². The Hall–Kier alpha value is -1.68. The third kappa shape index (κ3) is 2.76. The summed E-state index contributed by atoms with van der Waals surface area (Å²) >= 11 is 5.90. The maximum absolute atomic E-state index is 5.90. The first-order valence-corrected chi connectivity index (χ1v) is 6.12. The molecule has 0 aliphatic carbocycles. The van der Waals surface area contributed by atoms with Crippen LogP contribution in [0.3, 0.4) is 0 Å². The molecule has 1 atom stereocenters. The first-order valence-electron chi connectivity index (χ1n) is 5.74. The van der Waals surface area contributed by atoms with Crippen molar-refractivity contribution in [2.45, 2.75) is 26.8 Å². The average molecular weight is 263 g/mol. The van der Waals surface area contributed by atoms with Gasteiger partial charge < -0.3 is 5.32 Å². The molecule has 1 N–H and O–H groups in total. The normalized spacial score (nSPS) is 12.2. The zero-order chi connectivity index (χ0) is 13.1. The van der Waals surface area contributed by atoms with E-state index in [9.17, 15) is 0 Å². The molecule has 2 aromatic rings. The molecule has 0 saturated heterocycles. The van der Waals surface area contributed by atoms with E-state index in [1.165, 1.54) is 0 Å². The number of rotatable bonds is 3. The molecule has 0 fully saturated rings. The van der Waals surface area contributed by atoms with Gasteiger partial charge in [0.1, 0.15) is 5.15 Å². The highest BCUT2D eigenvalue weighted by Crippen LogP contribution is 2.21. The van der Waals surface area contributed by atoms with Gasteiger partial charge in [-0.25, -0.2) is 4.98 Å². The second-order valence-corrected chi connectivity index (χ2v) is 4.58. The van der Waals surface area contributed by atoms with Crippen LogP contribution in [0.25, 0.3) is 0 Å². The first-order chi connectivity index (χ1) is 8.58. The van der Waals surface area contributed by atoms with E-state index in [-0.39, 0.29) is 6.04 Å². The van der Waals surface area contributed by atoms with Crippen LogP contribution in [0.4, 0.5) is 5.69 Å². The van der Waals surface area contributed by atoms with Gasteiger partial charge in [-0.1, -0.05) is 11.6 Å².